The Morgan fingerprint density at radius 2 is 1.86 bits per heavy atom. The number of ether oxygens (including phenoxy) is 2. The molecule has 0 aliphatic heterocycles. The van der Waals surface area contributed by atoms with Crippen molar-refractivity contribution >= 4 is 17.2 Å². The third-order valence-electron chi connectivity index (χ3n) is 3.82. The zero-order valence-corrected chi connectivity index (χ0v) is 12.8. The number of aromatic nitrogens is 1. The summed E-state index contributed by atoms with van der Waals surface area (Å²) in [6, 6.07) is 11.8. The summed E-state index contributed by atoms with van der Waals surface area (Å²) in [5.74, 6) is 1.01. The average Bonchev–Trinajstić information content (AvgIpc) is 2.89. The van der Waals surface area contributed by atoms with Crippen molar-refractivity contribution in [1.29, 1.82) is 0 Å². The average molecular weight is 295 g/mol. The molecular formula is C18H17NO3. The minimum absolute atomic E-state index is 0.457. The number of methoxy groups -OCH3 is 2. The molecule has 0 aliphatic carbocycles. The number of aryl methyl sites for hydroxylation is 1. The first-order valence-corrected chi connectivity index (χ1v) is 6.98. The van der Waals surface area contributed by atoms with Gasteiger partial charge in [-0.2, -0.15) is 0 Å². The van der Waals surface area contributed by atoms with Gasteiger partial charge in [-0.25, -0.2) is 0 Å². The van der Waals surface area contributed by atoms with Crippen molar-refractivity contribution in [1.82, 2.24) is 4.98 Å². The first kappa shape index (κ1) is 14.2. The van der Waals surface area contributed by atoms with Crippen LogP contribution in [0.15, 0.2) is 36.4 Å². The maximum atomic E-state index is 11.4. The molecule has 3 rings (SSSR count). The van der Waals surface area contributed by atoms with Gasteiger partial charge in [0.25, 0.3) is 0 Å². The molecule has 1 N–H and O–H groups in total. The Kier molecular flexibility index (Phi) is 3.59. The van der Waals surface area contributed by atoms with Gasteiger partial charge in [0.1, 0.15) is 0 Å². The SMILES string of the molecule is COc1cc(-c2c(C)[nH]c3ccccc23)cc(C=O)c1OC. The lowest BCUT2D eigenvalue weighted by atomic mass is 9.99. The number of para-hydroxylation sites is 1. The van der Waals surface area contributed by atoms with E-state index in [-0.39, 0.29) is 0 Å². The molecule has 1 heterocycles. The minimum Gasteiger partial charge on any atom is -0.493 e. The van der Waals surface area contributed by atoms with E-state index in [2.05, 4.69) is 11.1 Å². The number of benzene rings is 2. The quantitative estimate of drug-likeness (QED) is 0.741. The molecule has 0 spiro atoms. The molecule has 0 aliphatic rings. The molecule has 0 amide bonds. The number of aldehydes is 1. The lowest BCUT2D eigenvalue weighted by Crippen LogP contribution is -1.96. The maximum absolute atomic E-state index is 11.4. The van der Waals surface area contributed by atoms with Crippen LogP contribution in [-0.2, 0) is 0 Å². The Bertz CT molecular complexity index is 849. The highest BCUT2D eigenvalue weighted by molar-refractivity contribution is 5.99. The highest BCUT2D eigenvalue weighted by Crippen LogP contribution is 2.39. The van der Waals surface area contributed by atoms with E-state index < -0.39 is 0 Å². The summed E-state index contributed by atoms with van der Waals surface area (Å²) in [4.78, 5) is 14.8. The number of aromatic amines is 1. The standard InChI is InChI=1S/C18H17NO3/c1-11-17(14-6-4-5-7-15(14)19-11)12-8-13(10-20)18(22-3)16(9-12)21-2/h4-10,19H,1-3H3. The van der Waals surface area contributed by atoms with Crippen LogP contribution in [0.4, 0.5) is 0 Å². The lowest BCUT2D eigenvalue weighted by Gasteiger charge is -2.12. The van der Waals surface area contributed by atoms with Gasteiger partial charge >= 0.3 is 0 Å². The van der Waals surface area contributed by atoms with Gasteiger partial charge in [-0.05, 0) is 30.7 Å². The number of hydrogen-bond acceptors (Lipinski definition) is 3. The molecule has 0 unspecified atom stereocenters. The van der Waals surface area contributed by atoms with Gasteiger partial charge in [0.2, 0.25) is 0 Å². The monoisotopic (exact) mass is 295 g/mol. The zero-order chi connectivity index (χ0) is 15.7. The molecule has 1 aromatic heterocycles. The minimum atomic E-state index is 0.457. The van der Waals surface area contributed by atoms with Gasteiger partial charge in [0, 0.05) is 22.2 Å². The van der Waals surface area contributed by atoms with Crippen LogP contribution in [0.1, 0.15) is 16.1 Å². The maximum Gasteiger partial charge on any atom is 0.171 e. The highest BCUT2D eigenvalue weighted by Gasteiger charge is 2.16. The Morgan fingerprint density at radius 3 is 2.55 bits per heavy atom. The van der Waals surface area contributed by atoms with Crippen LogP contribution in [0, 0.1) is 6.92 Å². The third kappa shape index (κ3) is 2.13. The van der Waals surface area contributed by atoms with Crippen molar-refractivity contribution in [3.05, 3.63) is 47.7 Å². The second kappa shape index (κ2) is 5.56. The van der Waals surface area contributed by atoms with Crippen molar-refractivity contribution in [3.8, 4) is 22.6 Å². The van der Waals surface area contributed by atoms with Crippen LogP contribution in [0.2, 0.25) is 0 Å². The van der Waals surface area contributed by atoms with E-state index in [1.54, 1.807) is 7.11 Å². The third-order valence-corrected chi connectivity index (χ3v) is 3.82. The van der Waals surface area contributed by atoms with Crippen molar-refractivity contribution in [2.75, 3.05) is 14.2 Å². The van der Waals surface area contributed by atoms with Gasteiger partial charge < -0.3 is 14.5 Å². The van der Waals surface area contributed by atoms with Crippen molar-refractivity contribution in [3.63, 3.8) is 0 Å². The van der Waals surface area contributed by atoms with Crippen molar-refractivity contribution in [2.45, 2.75) is 6.92 Å². The van der Waals surface area contributed by atoms with Gasteiger partial charge in [0.05, 0.1) is 19.8 Å². The Labute approximate surface area is 128 Å². The summed E-state index contributed by atoms with van der Waals surface area (Å²) < 4.78 is 10.7. The van der Waals surface area contributed by atoms with E-state index >= 15 is 0 Å². The molecular weight excluding hydrogens is 278 g/mol. The normalized spacial score (nSPS) is 10.7. The van der Waals surface area contributed by atoms with E-state index in [4.69, 9.17) is 9.47 Å². The van der Waals surface area contributed by atoms with E-state index in [0.717, 1.165) is 34.0 Å². The largest absolute Gasteiger partial charge is 0.493 e. The molecule has 4 heteroatoms. The summed E-state index contributed by atoms with van der Waals surface area (Å²) in [5.41, 5.74) is 4.58. The Morgan fingerprint density at radius 1 is 1.09 bits per heavy atom. The topological polar surface area (TPSA) is 51.3 Å². The number of rotatable bonds is 4. The smallest absolute Gasteiger partial charge is 0.171 e. The van der Waals surface area contributed by atoms with Crippen molar-refractivity contribution in [2.24, 2.45) is 0 Å². The van der Waals surface area contributed by atoms with E-state index in [1.807, 2.05) is 37.3 Å². The Balaban J connectivity index is 2.31. The highest BCUT2D eigenvalue weighted by atomic mass is 16.5. The van der Waals surface area contributed by atoms with E-state index in [9.17, 15) is 4.79 Å². The number of carbonyl (C=O) groups excluding carboxylic acids is 1. The van der Waals surface area contributed by atoms with Crippen LogP contribution in [-0.4, -0.2) is 25.5 Å². The number of nitrogens with one attached hydrogen (secondary N) is 1. The van der Waals surface area contributed by atoms with Gasteiger partial charge in [0.15, 0.2) is 17.8 Å². The van der Waals surface area contributed by atoms with Crippen LogP contribution in [0.3, 0.4) is 0 Å². The van der Waals surface area contributed by atoms with Gasteiger partial charge in [-0.3, -0.25) is 4.79 Å². The van der Waals surface area contributed by atoms with Crippen LogP contribution in [0.25, 0.3) is 22.0 Å². The lowest BCUT2D eigenvalue weighted by molar-refractivity contribution is 0.112. The molecule has 112 valence electrons. The molecule has 0 saturated carbocycles. The van der Waals surface area contributed by atoms with Gasteiger partial charge in [-0.1, -0.05) is 18.2 Å². The summed E-state index contributed by atoms with van der Waals surface area (Å²) in [5, 5.41) is 1.11. The summed E-state index contributed by atoms with van der Waals surface area (Å²) in [6.45, 7) is 2.02. The van der Waals surface area contributed by atoms with Crippen LogP contribution >= 0.6 is 0 Å². The van der Waals surface area contributed by atoms with Crippen molar-refractivity contribution < 1.29 is 14.3 Å². The molecule has 0 atom stereocenters. The van der Waals surface area contributed by atoms with E-state index in [0.29, 0.717) is 17.1 Å². The number of carbonyl (C=O) groups is 1. The number of hydrogen-bond donors (Lipinski definition) is 1. The molecule has 0 saturated heterocycles. The molecule has 0 fully saturated rings. The molecule has 2 aromatic carbocycles. The summed E-state index contributed by atoms with van der Waals surface area (Å²) >= 11 is 0. The second-order valence-electron chi connectivity index (χ2n) is 5.09. The van der Waals surface area contributed by atoms with E-state index in [1.165, 1.54) is 7.11 Å². The predicted octanol–water partition coefficient (Wildman–Crippen LogP) is 3.97. The number of H-pyrrole nitrogens is 1. The predicted molar refractivity (Wildman–Crippen MR) is 87.0 cm³/mol. The second-order valence-corrected chi connectivity index (χ2v) is 5.09. The Hall–Kier alpha value is -2.75. The molecule has 4 nitrogen and oxygen atoms in total. The first-order chi connectivity index (χ1) is 10.7. The summed E-state index contributed by atoms with van der Waals surface area (Å²) in [6.07, 6.45) is 0.787. The molecule has 3 aromatic rings. The fourth-order valence-electron chi connectivity index (χ4n) is 2.87. The molecule has 22 heavy (non-hydrogen) atoms. The molecule has 0 bridgehead atoms. The van der Waals surface area contributed by atoms with Crippen LogP contribution in [0.5, 0.6) is 11.5 Å². The zero-order valence-electron chi connectivity index (χ0n) is 12.8. The number of fused-ring (bicyclic) bond motifs is 1. The molecule has 0 radical (unpaired) electrons. The van der Waals surface area contributed by atoms with Gasteiger partial charge in [-0.15, -0.1) is 0 Å². The van der Waals surface area contributed by atoms with Crippen LogP contribution < -0.4 is 9.47 Å². The fourth-order valence-corrected chi connectivity index (χ4v) is 2.87. The fraction of sp³-hybridized carbons (Fsp3) is 0.167. The summed E-state index contributed by atoms with van der Waals surface area (Å²) in [7, 11) is 3.10. The first-order valence-electron chi connectivity index (χ1n) is 6.98.